The van der Waals surface area contributed by atoms with E-state index in [9.17, 15) is 9.59 Å². The lowest BCUT2D eigenvalue weighted by atomic mass is 9.96. The first-order valence-corrected chi connectivity index (χ1v) is 9.69. The van der Waals surface area contributed by atoms with Crippen molar-refractivity contribution < 1.29 is 9.59 Å². The number of hydrogen-bond acceptors (Lipinski definition) is 2. The second-order valence-corrected chi connectivity index (χ2v) is 8.14. The van der Waals surface area contributed by atoms with Crippen molar-refractivity contribution in [3.8, 4) is 0 Å². The maximum Gasteiger partial charge on any atom is 0.238 e. The zero-order valence-electron chi connectivity index (χ0n) is 14.5. The molecule has 1 aliphatic carbocycles. The summed E-state index contributed by atoms with van der Waals surface area (Å²) < 4.78 is 0. The molecule has 0 aromatic heterocycles. The van der Waals surface area contributed by atoms with Gasteiger partial charge in [-0.05, 0) is 55.7 Å². The van der Waals surface area contributed by atoms with Gasteiger partial charge in [-0.15, -0.1) is 0 Å². The minimum atomic E-state index is -0.815. The molecule has 2 fully saturated rings. The second kappa shape index (κ2) is 7.55. The Kier molecular flexibility index (Phi) is 5.59. The molecule has 25 heavy (non-hydrogen) atoms. The molecular weight excluding hydrogens is 359 g/mol. The molecule has 2 amide bonds. The Balaban J connectivity index is 1.53. The van der Waals surface area contributed by atoms with Crippen LogP contribution in [0.3, 0.4) is 0 Å². The van der Waals surface area contributed by atoms with Crippen molar-refractivity contribution in [2.75, 3.05) is 19.6 Å². The Labute approximate surface area is 158 Å². The van der Waals surface area contributed by atoms with Crippen LogP contribution in [-0.4, -0.2) is 36.3 Å². The molecule has 2 aliphatic rings. The third-order valence-corrected chi connectivity index (χ3v) is 5.95. The maximum absolute atomic E-state index is 12.8. The van der Waals surface area contributed by atoms with Gasteiger partial charge in [-0.3, -0.25) is 9.59 Å². The molecule has 0 radical (unpaired) electrons. The fourth-order valence-corrected chi connectivity index (χ4v) is 3.88. The third kappa shape index (κ3) is 4.12. The number of carbonyl (C=O) groups excluding carboxylic acids is 2. The number of likely N-dealkylation sites (tertiary alicyclic amines) is 1. The highest BCUT2D eigenvalue weighted by atomic mass is 35.5. The van der Waals surface area contributed by atoms with Crippen LogP contribution < -0.4 is 5.32 Å². The fraction of sp³-hybridized carbons (Fsp3) is 0.579. The largest absolute Gasteiger partial charge is 0.355 e. The summed E-state index contributed by atoms with van der Waals surface area (Å²) in [6.45, 7) is 4.22. The summed E-state index contributed by atoms with van der Waals surface area (Å²) in [4.78, 5) is 27.3. The standard InChI is InChI=1S/C19H24Cl2N2O2/c1-13-5-10-23(11-6-13)18(25)19(7-8-19)17(24)22-9-4-14-2-3-15(20)12-16(14)21/h2-3,12-13H,4-11H2,1H3,(H,22,24). The van der Waals surface area contributed by atoms with Crippen molar-refractivity contribution in [2.45, 2.75) is 39.0 Å². The van der Waals surface area contributed by atoms with E-state index in [-0.39, 0.29) is 11.8 Å². The second-order valence-electron chi connectivity index (χ2n) is 7.30. The van der Waals surface area contributed by atoms with Crippen LogP contribution in [0.25, 0.3) is 0 Å². The van der Waals surface area contributed by atoms with Gasteiger partial charge in [0.1, 0.15) is 5.41 Å². The molecule has 136 valence electrons. The first kappa shape index (κ1) is 18.5. The molecule has 6 heteroatoms. The SMILES string of the molecule is CC1CCN(C(=O)C2(C(=O)NCCc3ccc(Cl)cc3Cl)CC2)CC1. The number of hydrogen-bond donors (Lipinski definition) is 1. The molecule has 1 aromatic carbocycles. The lowest BCUT2D eigenvalue weighted by Crippen LogP contribution is -2.48. The maximum atomic E-state index is 12.8. The number of benzene rings is 1. The Bertz CT molecular complexity index is 665. The molecule has 3 rings (SSSR count). The van der Waals surface area contributed by atoms with Gasteiger partial charge in [-0.2, -0.15) is 0 Å². The summed E-state index contributed by atoms with van der Waals surface area (Å²) in [5.41, 5.74) is 0.122. The predicted molar refractivity (Wildman–Crippen MR) is 99.8 cm³/mol. The predicted octanol–water partition coefficient (Wildman–Crippen LogP) is 3.69. The van der Waals surface area contributed by atoms with Crippen LogP contribution in [0.5, 0.6) is 0 Å². The third-order valence-electron chi connectivity index (χ3n) is 5.36. The summed E-state index contributed by atoms with van der Waals surface area (Å²) in [5.74, 6) is 0.541. The van der Waals surface area contributed by atoms with Gasteiger partial charge in [0, 0.05) is 29.7 Å². The quantitative estimate of drug-likeness (QED) is 0.789. The van der Waals surface area contributed by atoms with E-state index < -0.39 is 5.41 Å². The van der Waals surface area contributed by atoms with Crippen molar-refractivity contribution in [1.82, 2.24) is 10.2 Å². The van der Waals surface area contributed by atoms with Crippen LogP contribution in [0.1, 0.15) is 38.2 Å². The first-order valence-electron chi connectivity index (χ1n) is 8.94. The van der Waals surface area contributed by atoms with E-state index >= 15 is 0 Å². The van der Waals surface area contributed by atoms with Crippen molar-refractivity contribution in [1.29, 1.82) is 0 Å². The van der Waals surface area contributed by atoms with Gasteiger partial charge in [0.15, 0.2) is 0 Å². The van der Waals surface area contributed by atoms with E-state index in [0.717, 1.165) is 31.5 Å². The number of rotatable bonds is 5. The normalized spacial score (nSPS) is 19.6. The van der Waals surface area contributed by atoms with Gasteiger partial charge in [-0.1, -0.05) is 36.2 Å². The molecule has 1 aliphatic heterocycles. The van der Waals surface area contributed by atoms with Gasteiger partial charge in [0.2, 0.25) is 11.8 Å². The Hall–Kier alpha value is -1.26. The number of amides is 2. The van der Waals surface area contributed by atoms with E-state index in [1.165, 1.54) is 0 Å². The van der Waals surface area contributed by atoms with Gasteiger partial charge < -0.3 is 10.2 Å². The van der Waals surface area contributed by atoms with Gasteiger partial charge in [0.25, 0.3) is 0 Å². The first-order chi connectivity index (χ1) is 11.9. The highest BCUT2D eigenvalue weighted by Gasteiger charge is 2.57. The monoisotopic (exact) mass is 382 g/mol. The van der Waals surface area contributed by atoms with E-state index in [1.807, 2.05) is 11.0 Å². The van der Waals surface area contributed by atoms with E-state index in [1.54, 1.807) is 12.1 Å². The Morgan fingerprint density at radius 2 is 1.92 bits per heavy atom. The lowest BCUT2D eigenvalue weighted by Gasteiger charge is -2.32. The van der Waals surface area contributed by atoms with E-state index in [2.05, 4.69) is 12.2 Å². The number of nitrogens with one attached hydrogen (secondary N) is 1. The Morgan fingerprint density at radius 3 is 2.52 bits per heavy atom. The van der Waals surface area contributed by atoms with Gasteiger partial charge in [0.05, 0.1) is 0 Å². The molecule has 1 saturated heterocycles. The van der Waals surface area contributed by atoms with Crippen molar-refractivity contribution >= 4 is 35.0 Å². The minimum Gasteiger partial charge on any atom is -0.355 e. The number of piperidine rings is 1. The van der Waals surface area contributed by atoms with Crippen molar-refractivity contribution in [3.63, 3.8) is 0 Å². The van der Waals surface area contributed by atoms with E-state index in [0.29, 0.717) is 41.8 Å². The van der Waals surface area contributed by atoms with Gasteiger partial charge in [-0.25, -0.2) is 0 Å². The molecule has 0 atom stereocenters. The van der Waals surface area contributed by atoms with Crippen LogP contribution in [-0.2, 0) is 16.0 Å². The van der Waals surface area contributed by atoms with Crippen LogP contribution in [0.15, 0.2) is 18.2 Å². The highest BCUT2D eigenvalue weighted by Crippen LogP contribution is 2.48. The topological polar surface area (TPSA) is 49.4 Å². The molecule has 1 N–H and O–H groups in total. The summed E-state index contributed by atoms with van der Waals surface area (Å²) in [7, 11) is 0. The summed E-state index contributed by atoms with van der Waals surface area (Å²) >= 11 is 12.0. The van der Waals surface area contributed by atoms with Crippen LogP contribution in [0, 0.1) is 11.3 Å². The summed E-state index contributed by atoms with van der Waals surface area (Å²) in [6, 6.07) is 5.35. The average molecular weight is 383 g/mol. The Morgan fingerprint density at radius 1 is 1.24 bits per heavy atom. The molecule has 1 heterocycles. The molecule has 0 spiro atoms. The van der Waals surface area contributed by atoms with Gasteiger partial charge >= 0.3 is 0 Å². The highest BCUT2D eigenvalue weighted by molar-refractivity contribution is 6.35. The fourth-order valence-electron chi connectivity index (χ4n) is 3.38. The zero-order chi connectivity index (χ0) is 18.0. The number of nitrogens with zero attached hydrogens (tertiary/aromatic N) is 1. The summed E-state index contributed by atoms with van der Waals surface area (Å²) in [5, 5.41) is 4.12. The van der Waals surface area contributed by atoms with Crippen molar-refractivity contribution in [2.24, 2.45) is 11.3 Å². The van der Waals surface area contributed by atoms with Crippen molar-refractivity contribution in [3.05, 3.63) is 33.8 Å². The average Bonchev–Trinajstić information content (AvgIpc) is 3.39. The lowest BCUT2D eigenvalue weighted by molar-refractivity contribution is -0.145. The molecular formula is C19H24Cl2N2O2. The number of halogens is 2. The smallest absolute Gasteiger partial charge is 0.238 e. The van der Waals surface area contributed by atoms with Crippen LogP contribution in [0.2, 0.25) is 10.0 Å². The number of carbonyl (C=O) groups is 2. The minimum absolute atomic E-state index is 0.0152. The van der Waals surface area contributed by atoms with Crippen LogP contribution in [0.4, 0.5) is 0 Å². The zero-order valence-corrected chi connectivity index (χ0v) is 16.0. The molecule has 0 unspecified atom stereocenters. The molecule has 0 bridgehead atoms. The van der Waals surface area contributed by atoms with Crippen LogP contribution >= 0.6 is 23.2 Å². The molecule has 1 aromatic rings. The molecule has 4 nitrogen and oxygen atoms in total. The summed E-state index contributed by atoms with van der Waals surface area (Å²) in [6.07, 6.45) is 3.99. The molecule has 1 saturated carbocycles. The van der Waals surface area contributed by atoms with E-state index in [4.69, 9.17) is 23.2 Å².